The molecule has 2 aromatic rings. The molecule has 0 bridgehead atoms. The summed E-state index contributed by atoms with van der Waals surface area (Å²) in [5.74, 6) is -0.823. The van der Waals surface area contributed by atoms with Crippen molar-refractivity contribution in [1.82, 2.24) is 5.16 Å². The highest BCUT2D eigenvalue weighted by molar-refractivity contribution is 5.92. The molecule has 1 heterocycles. The minimum absolute atomic E-state index is 0.163. The van der Waals surface area contributed by atoms with Crippen LogP contribution >= 0.6 is 0 Å². The van der Waals surface area contributed by atoms with Gasteiger partial charge in [-0.25, -0.2) is 0 Å². The second-order valence-corrected chi connectivity index (χ2v) is 3.28. The van der Waals surface area contributed by atoms with Gasteiger partial charge in [-0.2, -0.15) is 0 Å². The number of ether oxygens (including phenoxy) is 1. The molecule has 2 rings (SSSR count). The highest BCUT2D eigenvalue weighted by Gasteiger charge is 2.13. The summed E-state index contributed by atoms with van der Waals surface area (Å²) in [5, 5.41) is 14.6. The molecule has 0 aliphatic carbocycles. The van der Waals surface area contributed by atoms with Gasteiger partial charge in [-0.3, -0.25) is 0 Å². The van der Waals surface area contributed by atoms with E-state index in [0.717, 1.165) is 0 Å². The van der Waals surface area contributed by atoms with Crippen LogP contribution in [0.3, 0.4) is 0 Å². The van der Waals surface area contributed by atoms with Crippen LogP contribution in [0.15, 0.2) is 22.7 Å². The number of carbonyl (C=O) groups excluding carboxylic acids is 1. The van der Waals surface area contributed by atoms with E-state index < -0.39 is 12.1 Å². The van der Waals surface area contributed by atoms with Crippen LogP contribution in [-0.2, 0) is 4.79 Å². The average molecular weight is 221 g/mol. The summed E-state index contributed by atoms with van der Waals surface area (Å²) in [6.45, 7) is 1.37. The van der Waals surface area contributed by atoms with Gasteiger partial charge in [-0.15, -0.1) is 0 Å². The van der Waals surface area contributed by atoms with Gasteiger partial charge in [0.1, 0.15) is 17.2 Å². The highest BCUT2D eigenvalue weighted by atomic mass is 16.5. The Kier molecular flexibility index (Phi) is 2.40. The SMILES string of the molecule is CC(Oc1cccc2onc(N)c12)C(=O)[O-]. The first kappa shape index (κ1) is 10.3. The fourth-order valence-electron chi connectivity index (χ4n) is 1.32. The minimum Gasteiger partial charge on any atom is -0.546 e. The van der Waals surface area contributed by atoms with Crippen LogP contribution in [0.1, 0.15) is 6.92 Å². The summed E-state index contributed by atoms with van der Waals surface area (Å²) in [5.41, 5.74) is 6.03. The number of carboxylic acid groups (broad SMARTS) is 1. The predicted octanol–water partition coefficient (Wildman–Crippen LogP) is -0.0728. The zero-order valence-electron chi connectivity index (χ0n) is 8.47. The van der Waals surface area contributed by atoms with Crippen molar-refractivity contribution in [3.63, 3.8) is 0 Å². The fourth-order valence-corrected chi connectivity index (χ4v) is 1.32. The molecule has 0 radical (unpaired) electrons. The lowest BCUT2D eigenvalue weighted by atomic mass is 10.2. The van der Waals surface area contributed by atoms with E-state index in [4.69, 9.17) is 15.0 Å². The molecule has 1 unspecified atom stereocenters. The lowest BCUT2D eigenvalue weighted by Crippen LogP contribution is -2.37. The molecule has 1 atom stereocenters. The number of aliphatic carboxylic acids is 1. The summed E-state index contributed by atoms with van der Waals surface area (Å²) in [7, 11) is 0. The van der Waals surface area contributed by atoms with Crippen molar-refractivity contribution in [1.29, 1.82) is 0 Å². The first-order chi connectivity index (χ1) is 7.59. The summed E-state index contributed by atoms with van der Waals surface area (Å²) < 4.78 is 10.1. The number of carbonyl (C=O) groups is 1. The van der Waals surface area contributed by atoms with Gasteiger partial charge in [0.15, 0.2) is 11.4 Å². The van der Waals surface area contributed by atoms with Crippen LogP contribution in [0, 0.1) is 0 Å². The molecule has 1 aromatic heterocycles. The third kappa shape index (κ3) is 1.65. The normalized spacial score (nSPS) is 12.6. The molecule has 84 valence electrons. The zero-order chi connectivity index (χ0) is 11.7. The van der Waals surface area contributed by atoms with Gasteiger partial charge in [0, 0.05) is 0 Å². The third-order valence-corrected chi connectivity index (χ3v) is 2.12. The maximum Gasteiger partial charge on any atom is 0.178 e. The van der Waals surface area contributed by atoms with Gasteiger partial charge in [0.05, 0.1) is 5.97 Å². The van der Waals surface area contributed by atoms with E-state index >= 15 is 0 Å². The first-order valence-corrected chi connectivity index (χ1v) is 4.61. The first-order valence-electron chi connectivity index (χ1n) is 4.61. The smallest absolute Gasteiger partial charge is 0.178 e. The Hall–Kier alpha value is -2.24. The van der Waals surface area contributed by atoms with Crippen molar-refractivity contribution >= 4 is 22.8 Å². The average Bonchev–Trinajstić information content (AvgIpc) is 2.61. The predicted molar refractivity (Wildman–Crippen MR) is 53.5 cm³/mol. The summed E-state index contributed by atoms with van der Waals surface area (Å²) in [6.07, 6.45) is -1.07. The Labute approximate surface area is 90.6 Å². The van der Waals surface area contributed by atoms with Crippen molar-refractivity contribution in [2.24, 2.45) is 0 Å². The highest BCUT2D eigenvalue weighted by Crippen LogP contribution is 2.30. The zero-order valence-corrected chi connectivity index (χ0v) is 8.47. The quantitative estimate of drug-likeness (QED) is 0.778. The maximum atomic E-state index is 10.6. The Morgan fingerprint density at radius 3 is 3.06 bits per heavy atom. The number of hydrogen-bond donors (Lipinski definition) is 1. The standard InChI is InChI=1S/C10H10N2O4/c1-5(10(13)14)15-6-3-2-4-7-8(6)9(11)12-16-7/h2-5H,1H3,(H2,11,12)(H,13,14)/p-1. The van der Waals surface area contributed by atoms with Gasteiger partial charge in [0.25, 0.3) is 0 Å². The minimum atomic E-state index is -1.30. The number of hydrogen-bond acceptors (Lipinski definition) is 6. The van der Waals surface area contributed by atoms with E-state index in [1.807, 2.05) is 0 Å². The summed E-state index contributed by atoms with van der Waals surface area (Å²) >= 11 is 0. The maximum absolute atomic E-state index is 10.6. The molecule has 2 N–H and O–H groups in total. The van der Waals surface area contributed by atoms with Crippen LogP contribution in [0.25, 0.3) is 11.0 Å². The van der Waals surface area contributed by atoms with E-state index in [1.54, 1.807) is 18.2 Å². The molecule has 0 saturated carbocycles. The number of rotatable bonds is 3. The monoisotopic (exact) mass is 221 g/mol. The van der Waals surface area contributed by atoms with Crippen LogP contribution in [0.4, 0.5) is 5.82 Å². The van der Waals surface area contributed by atoms with Gasteiger partial charge in [-0.05, 0) is 19.1 Å². The summed E-state index contributed by atoms with van der Waals surface area (Å²) in [4.78, 5) is 10.6. The topological polar surface area (TPSA) is 101 Å². The number of nitrogens with two attached hydrogens (primary N) is 1. The number of carboxylic acids is 1. The lowest BCUT2D eigenvalue weighted by Gasteiger charge is -2.15. The molecule has 1 aromatic carbocycles. The molecule has 0 saturated heterocycles. The van der Waals surface area contributed by atoms with Gasteiger partial charge in [-0.1, -0.05) is 11.2 Å². The second-order valence-electron chi connectivity index (χ2n) is 3.28. The van der Waals surface area contributed by atoms with Crippen molar-refractivity contribution in [3.05, 3.63) is 18.2 Å². The van der Waals surface area contributed by atoms with Crippen molar-refractivity contribution < 1.29 is 19.2 Å². The van der Waals surface area contributed by atoms with E-state index in [0.29, 0.717) is 16.7 Å². The molecule has 0 aliphatic rings. The molecule has 0 amide bonds. The van der Waals surface area contributed by atoms with Crippen LogP contribution in [-0.4, -0.2) is 17.2 Å². The molecule has 6 heteroatoms. The van der Waals surface area contributed by atoms with E-state index in [2.05, 4.69) is 5.16 Å². The number of nitrogens with zero attached hydrogens (tertiary/aromatic N) is 1. The van der Waals surface area contributed by atoms with Crippen LogP contribution in [0.2, 0.25) is 0 Å². The molecule has 16 heavy (non-hydrogen) atoms. The van der Waals surface area contributed by atoms with Crippen molar-refractivity contribution in [3.8, 4) is 5.75 Å². The molecule has 0 fully saturated rings. The molecular formula is C10H9N2O4-. The molecule has 0 aliphatic heterocycles. The Balaban J connectivity index is 2.44. The van der Waals surface area contributed by atoms with Crippen LogP contribution < -0.4 is 15.6 Å². The Morgan fingerprint density at radius 2 is 2.38 bits per heavy atom. The van der Waals surface area contributed by atoms with Crippen molar-refractivity contribution in [2.75, 3.05) is 5.73 Å². The van der Waals surface area contributed by atoms with Crippen LogP contribution in [0.5, 0.6) is 5.75 Å². The second kappa shape index (κ2) is 3.73. The fraction of sp³-hybridized carbons (Fsp3) is 0.200. The van der Waals surface area contributed by atoms with E-state index in [1.165, 1.54) is 6.92 Å². The van der Waals surface area contributed by atoms with Crippen molar-refractivity contribution in [2.45, 2.75) is 13.0 Å². The molecular weight excluding hydrogens is 212 g/mol. The number of fused-ring (bicyclic) bond motifs is 1. The number of nitrogen functional groups attached to an aromatic ring is 1. The number of anilines is 1. The van der Waals surface area contributed by atoms with Gasteiger partial charge < -0.3 is 24.9 Å². The number of aromatic nitrogens is 1. The largest absolute Gasteiger partial charge is 0.546 e. The van der Waals surface area contributed by atoms with E-state index in [-0.39, 0.29) is 5.82 Å². The van der Waals surface area contributed by atoms with Gasteiger partial charge in [0.2, 0.25) is 0 Å². The Bertz CT molecular complexity index is 535. The van der Waals surface area contributed by atoms with Gasteiger partial charge >= 0.3 is 0 Å². The summed E-state index contributed by atoms with van der Waals surface area (Å²) in [6, 6.07) is 4.91. The van der Waals surface area contributed by atoms with E-state index in [9.17, 15) is 9.90 Å². The lowest BCUT2D eigenvalue weighted by molar-refractivity contribution is -0.312. The Morgan fingerprint density at radius 1 is 1.62 bits per heavy atom. The molecule has 6 nitrogen and oxygen atoms in total. The molecule has 0 spiro atoms. The number of benzene rings is 1. The third-order valence-electron chi connectivity index (χ3n) is 2.12.